The molecule has 6 nitrogen and oxygen atoms in total. The molecule has 1 amide bonds. The first-order valence-electron chi connectivity index (χ1n) is 10.8. The summed E-state index contributed by atoms with van der Waals surface area (Å²) in [4.78, 5) is 22.1. The third-order valence-corrected chi connectivity index (χ3v) is 6.61. The van der Waals surface area contributed by atoms with Gasteiger partial charge in [0.2, 0.25) is 5.91 Å². The highest BCUT2D eigenvalue weighted by Gasteiger charge is 2.45. The molecule has 0 saturated carbocycles. The van der Waals surface area contributed by atoms with E-state index in [4.69, 9.17) is 9.47 Å². The molecule has 3 aliphatic rings. The van der Waals surface area contributed by atoms with Crippen LogP contribution in [0.25, 0.3) is 10.9 Å². The third-order valence-electron chi connectivity index (χ3n) is 6.61. The number of para-hydroxylation sites is 1. The van der Waals surface area contributed by atoms with Crippen LogP contribution in [0.4, 0.5) is 5.69 Å². The Labute approximate surface area is 171 Å². The van der Waals surface area contributed by atoms with E-state index in [1.165, 1.54) is 11.1 Å². The first kappa shape index (κ1) is 18.8. The van der Waals surface area contributed by atoms with Crippen molar-refractivity contribution in [3.63, 3.8) is 0 Å². The van der Waals surface area contributed by atoms with E-state index in [-0.39, 0.29) is 17.4 Å². The molecule has 154 valence electrons. The van der Waals surface area contributed by atoms with Gasteiger partial charge in [-0.3, -0.25) is 9.78 Å². The van der Waals surface area contributed by atoms with Gasteiger partial charge in [0.15, 0.2) is 0 Å². The van der Waals surface area contributed by atoms with E-state index >= 15 is 0 Å². The van der Waals surface area contributed by atoms with Gasteiger partial charge in [-0.2, -0.15) is 0 Å². The van der Waals surface area contributed by atoms with Crippen LogP contribution >= 0.6 is 0 Å². The molecule has 1 aromatic heterocycles. The second kappa shape index (κ2) is 7.58. The van der Waals surface area contributed by atoms with Gasteiger partial charge < -0.3 is 19.3 Å². The number of hydrogen-bond acceptors (Lipinski definition) is 5. The molecule has 0 bridgehead atoms. The molecule has 4 heterocycles. The number of ether oxygens (including phenoxy) is 2. The average Bonchev–Trinajstić information content (AvgIpc) is 3.16. The van der Waals surface area contributed by atoms with Crippen molar-refractivity contribution in [3.05, 3.63) is 36.0 Å². The third kappa shape index (κ3) is 3.60. The number of anilines is 1. The number of pyridine rings is 1. The van der Waals surface area contributed by atoms with Gasteiger partial charge in [-0.05, 0) is 38.3 Å². The summed E-state index contributed by atoms with van der Waals surface area (Å²) in [5.41, 5.74) is 3.02. The van der Waals surface area contributed by atoms with Crippen molar-refractivity contribution in [1.29, 1.82) is 0 Å². The maximum absolute atomic E-state index is 13.0. The van der Waals surface area contributed by atoms with Gasteiger partial charge in [0, 0.05) is 55.5 Å². The number of carbonyl (C=O) groups excluding carboxylic acids is 1. The fourth-order valence-electron chi connectivity index (χ4n) is 5.08. The van der Waals surface area contributed by atoms with Crippen molar-refractivity contribution in [2.75, 3.05) is 50.9 Å². The Morgan fingerprint density at radius 1 is 1.14 bits per heavy atom. The lowest BCUT2D eigenvalue weighted by atomic mass is 9.98. The molecule has 1 aromatic carbocycles. The van der Waals surface area contributed by atoms with Gasteiger partial charge in [-0.1, -0.05) is 18.2 Å². The van der Waals surface area contributed by atoms with Crippen LogP contribution in [-0.2, 0) is 14.3 Å². The molecule has 6 heteroatoms. The summed E-state index contributed by atoms with van der Waals surface area (Å²) in [5.74, 6) is 0.404. The average molecular weight is 396 g/mol. The minimum absolute atomic E-state index is 0.116. The number of carbonyl (C=O) groups is 1. The van der Waals surface area contributed by atoms with Gasteiger partial charge >= 0.3 is 0 Å². The Morgan fingerprint density at radius 2 is 1.97 bits per heavy atom. The van der Waals surface area contributed by atoms with Gasteiger partial charge in [0.05, 0.1) is 18.7 Å². The van der Waals surface area contributed by atoms with E-state index in [0.29, 0.717) is 26.4 Å². The number of morpholine rings is 1. The van der Waals surface area contributed by atoms with Gasteiger partial charge in [0.1, 0.15) is 5.60 Å². The van der Waals surface area contributed by atoms with Crippen LogP contribution in [0.3, 0.4) is 0 Å². The Morgan fingerprint density at radius 3 is 2.83 bits per heavy atom. The number of rotatable bonds is 2. The Hall–Kier alpha value is -2.18. The molecule has 1 atom stereocenters. The number of benzene rings is 1. The zero-order chi connectivity index (χ0) is 19.8. The molecule has 1 spiro atoms. The first-order valence-corrected chi connectivity index (χ1v) is 10.8. The topological polar surface area (TPSA) is 54.9 Å². The van der Waals surface area contributed by atoms with Gasteiger partial charge in [0.25, 0.3) is 0 Å². The second-order valence-corrected chi connectivity index (χ2v) is 8.65. The predicted octanol–water partition coefficient (Wildman–Crippen LogP) is 2.78. The summed E-state index contributed by atoms with van der Waals surface area (Å²) in [5, 5.41) is 1.18. The van der Waals surface area contributed by atoms with Crippen LogP contribution in [0.2, 0.25) is 0 Å². The predicted molar refractivity (Wildman–Crippen MR) is 112 cm³/mol. The molecule has 0 aliphatic carbocycles. The summed E-state index contributed by atoms with van der Waals surface area (Å²) in [6.07, 6.45) is 2.59. The van der Waals surface area contributed by atoms with Crippen LogP contribution in [0.1, 0.15) is 25.0 Å². The molecule has 3 saturated heterocycles. The van der Waals surface area contributed by atoms with E-state index in [2.05, 4.69) is 41.1 Å². The fourth-order valence-corrected chi connectivity index (χ4v) is 5.08. The number of likely N-dealkylation sites (tertiary alicyclic amines) is 1. The normalized spacial score (nSPS) is 25.8. The Balaban J connectivity index is 1.36. The molecule has 1 unspecified atom stereocenters. The maximum atomic E-state index is 13.0. The summed E-state index contributed by atoms with van der Waals surface area (Å²) < 4.78 is 11.7. The van der Waals surface area contributed by atoms with E-state index in [0.717, 1.165) is 50.1 Å². The molecular weight excluding hydrogens is 366 g/mol. The Kier molecular flexibility index (Phi) is 4.92. The monoisotopic (exact) mass is 395 g/mol. The quantitative estimate of drug-likeness (QED) is 0.783. The summed E-state index contributed by atoms with van der Waals surface area (Å²) in [6.45, 7) is 7.32. The molecule has 5 rings (SSSR count). The number of nitrogens with zero attached hydrogens (tertiary/aromatic N) is 3. The van der Waals surface area contributed by atoms with Crippen molar-refractivity contribution in [2.45, 2.75) is 31.8 Å². The second-order valence-electron chi connectivity index (χ2n) is 8.65. The molecule has 0 radical (unpaired) electrons. The fraction of sp³-hybridized carbons (Fsp3) is 0.565. The lowest BCUT2D eigenvalue weighted by molar-refractivity contribution is -0.139. The van der Waals surface area contributed by atoms with Crippen molar-refractivity contribution < 1.29 is 14.3 Å². The van der Waals surface area contributed by atoms with Crippen molar-refractivity contribution in [2.24, 2.45) is 5.92 Å². The van der Waals surface area contributed by atoms with Gasteiger partial charge in [-0.25, -0.2) is 0 Å². The molecular formula is C23H29N3O3. The van der Waals surface area contributed by atoms with Crippen molar-refractivity contribution in [1.82, 2.24) is 9.88 Å². The minimum atomic E-state index is -0.267. The smallest absolute Gasteiger partial charge is 0.225 e. The lowest BCUT2D eigenvalue weighted by Crippen LogP contribution is -2.54. The van der Waals surface area contributed by atoms with Crippen LogP contribution < -0.4 is 4.90 Å². The molecule has 29 heavy (non-hydrogen) atoms. The summed E-state index contributed by atoms with van der Waals surface area (Å²) in [7, 11) is 0. The standard InChI is InChI=1S/C23H29N3O3/c1-17-14-21(19-4-2-3-5-20(19)24-17)25-10-13-29-23(15-25)8-9-26(16-23)22(27)18-6-11-28-12-7-18/h2-5,14,18H,6-13,15-16H2,1H3. The Bertz CT molecular complexity index is 911. The van der Waals surface area contributed by atoms with Crippen molar-refractivity contribution >= 4 is 22.5 Å². The minimum Gasteiger partial charge on any atom is -0.381 e. The molecule has 2 aromatic rings. The summed E-state index contributed by atoms with van der Waals surface area (Å²) >= 11 is 0. The molecule has 3 aliphatic heterocycles. The van der Waals surface area contributed by atoms with Crippen LogP contribution in [-0.4, -0.2) is 67.4 Å². The van der Waals surface area contributed by atoms with E-state index < -0.39 is 0 Å². The zero-order valence-electron chi connectivity index (χ0n) is 17.1. The van der Waals surface area contributed by atoms with Gasteiger partial charge in [-0.15, -0.1) is 0 Å². The number of amides is 1. The highest BCUT2D eigenvalue weighted by Crippen LogP contribution is 2.35. The SMILES string of the molecule is Cc1cc(N2CCOC3(CCN(C(=O)C4CCOCC4)C3)C2)c2ccccc2n1. The van der Waals surface area contributed by atoms with E-state index in [1.54, 1.807) is 0 Å². The van der Waals surface area contributed by atoms with Crippen molar-refractivity contribution in [3.8, 4) is 0 Å². The highest BCUT2D eigenvalue weighted by molar-refractivity contribution is 5.92. The van der Waals surface area contributed by atoms with Crippen LogP contribution in [0, 0.1) is 12.8 Å². The molecule has 3 fully saturated rings. The van der Waals surface area contributed by atoms with E-state index in [1.807, 2.05) is 11.0 Å². The van der Waals surface area contributed by atoms with Crippen LogP contribution in [0.5, 0.6) is 0 Å². The van der Waals surface area contributed by atoms with E-state index in [9.17, 15) is 4.79 Å². The highest BCUT2D eigenvalue weighted by atomic mass is 16.5. The zero-order valence-corrected chi connectivity index (χ0v) is 17.1. The summed E-state index contributed by atoms with van der Waals surface area (Å²) in [6, 6.07) is 10.5. The number of hydrogen-bond donors (Lipinski definition) is 0. The number of aryl methyl sites for hydroxylation is 1. The number of fused-ring (bicyclic) bond motifs is 1. The van der Waals surface area contributed by atoms with Crippen LogP contribution in [0.15, 0.2) is 30.3 Å². The maximum Gasteiger partial charge on any atom is 0.225 e. The lowest BCUT2D eigenvalue weighted by Gasteiger charge is -2.42. The molecule has 0 N–H and O–H groups in total. The first-order chi connectivity index (χ1) is 14.1. The number of aromatic nitrogens is 1. The largest absolute Gasteiger partial charge is 0.381 e.